The van der Waals surface area contributed by atoms with E-state index >= 15 is 0 Å². The van der Waals surface area contributed by atoms with Crippen LogP contribution in [0.25, 0.3) is 23.4 Å². The molecule has 3 aromatic rings. The molecule has 172 valence electrons. The molecule has 0 saturated heterocycles. The second kappa shape index (κ2) is 11.7. The van der Waals surface area contributed by atoms with Crippen LogP contribution in [0.3, 0.4) is 0 Å². The maximum absolute atomic E-state index is 12.6. The van der Waals surface area contributed by atoms with Gasteiger partial charge in [-0.2, -0.15) is 4.68 Å². The molecule has 0 aliphatic carbocycles. The second-order valence-electron chi connectivity index (χ2n) is 6.75. The van der Waals surface area contributed by atoms with Gasteiger partial charge in [0.2, 0.25) is 0 Å². The van der Waals surface area contributed by atoms with E-state index in [0.717, 1.165) is 16.9 Å². The minimum Gasteiger partial charge on any atom is -0.497 e. The van der Waals surface area contributed by atoms with Crippen LogP contribution in [0.4, 0.5) is 4.79 Å². The molecule has 0 saturated carbocycles. The van der Waals surface area contributed by atoms with E-state index in [1.165, 1.54) is 10.9 Å². The van der Waals surface area contributed by atoms with E-state index in [4.69, 9.17) is 25.8 Å². The number of halogens is 1. The van der Waals surface area contributed by atoms with Crippen LogP contribution in [0, 0.1) is 0 Å². The third-order valence-electron chi connectivity index (χ3n) is 4.63. The van der Waals surface area contributed by atoms with Gasteiger partial charge in [-0.05, 0) is 29.3 Å². The smallest absolute Gasteiger partial charge is 0.344 e. The van der Waals surface area contributed by atoms with Crippen molar-refractivity contribution in [2.24, 2.45) is 0 Å². The number of carbonyl (C=O) groups excluding carboxylic acids is 1. The van der Waals surface area contributed by atoms with Gasteiger partial charge < -0.3 is 19.5 Å². The highest BCUT2D eigenvalue weighted by Gasteiger charge is 2.20. The topological polar surface area (TPSA) is 87.5 Å². The minimum absolute atomic E-state index is 0.285. The number of nitrogens with zero attached hydrogens (tertiary/aromatic N) is 3. The summed E-state index contributed by atoms with van der Waals surface area (Å²) in [6.45, 7) is 4.40. The molecule has 1 heterocycles. The zero-order valence-corrected chi connectivity index (χ0v) is 19.2. The van der Waals surface area contributed by atoms with E-state index in [1.807, 2.05) is 42.5 Å². The molecule has 0 fully saturated rings. The van der Waals surface area contributed by atoms with Crippen molar-refractivity contribution < 1.29 is 19.0 Å². The Kier molecular flexibility index (Phi) is 8.49. The Hall–Kier alpha value is -3.78. The van der Waals surface area contributed by atoms with Gasteiger partial charge >= 0.3 is 6.03 Å². The van der Waals surface area contributed by atoms with Crippen LogP contribution in [0.5, 0.6) is 17.2 Å². The zero-order chi connectivity index (χ0) is 23.6. The van der Waals surface area contributed by atoms with Crippen molar-refractivity contribution in [3.8, 4) is 28.5 Å². The Morgan fingerprint density at radius 3 is 2.61 bits per heavy atom. The molecule has 2 aromatic carbocycles. The molecule has 0 bridgehead atoms. The molecule has 9 heteroatoms. The Labute approximate surface area is 197 Å². The number of carbonyl (C=O) groups is 1. The van der Waals surface area contributed by atoms with Crippen molar-refractivity contribution in [1.29, 1.82) is 0 Å². The number of amides is 1. The Bertz CT molecular complexity index is 1130. The van der Waals surface area contributed by atoms with E-state index in [-0.39, 0.29) is 5.88 Å². The largest absolute Gasteiger partial charge is 0.497 e. The summed E-state index contributed by atoms with van der Waals surface area (Å²) < 4.78 is 17.8. The van der Waals surface area contributed by atoms with Crippen molar-refractivity contribution in [3.05, 3.63) is 66.4 Å². The Balaban J connectivity index is 2.02. The third-order valence-corrected chi connectivity index (χ3v) is 4.82. The van der Waals surface area contributed by atoms with Crippen LogP contribution in [0.2, 0.25) is 0 Å². The average molecular weight is 469 g/mol. The molecule has 0 aliphatic rings. The van der Waals surface area contributed by atoms with E-state index in [2.05, 4.69) is 22.2 Å². The van der Waals surface area contributed by atoms with Gasteiger partial charge in [0.25, 0.3) is 0 Å². The molecule has 8 nitrogen and oxygen atoms in total. The van der Waals surface area contributed by atoms with E-state index in [1.54, 1.807) is 26.4 Å². The van der Waals surface area contributed by atoms with Crippen LogP contribution in [-0.4, -0.2) is 54.3 Å². The lowest BCUT2D eigenvalue weighted by molar-refractivity contribution is 0.240. The first kappa shape index (κ1) is 23.9. The lowest BCUT2D eigenvalue weighted by atomic mass is 10.0. The van der Waals surface area contributed by atoms with Crippen LogP contribution in [0.1, 0.15) is 11.1 Å². The Morgan fingerprint density at radius 1 is 1.15 bits per heavy atom. The molecular weight excluding hydrogens is 444 g/mol. The molecule has 3 rings (SSSR count). The van der Waals surface area contributed by atoms with Gasteiger partial charge in [0.15, 0.2) is 0 Å². The summed E-state index contributed by atoms with van der Waals surface area (Å²) in [7, 11) is 3.13. The molecule has 1 N–H and O–H groups in total. The predicted molar refractivity (Wildman–Crippen MR) is 129 cm³/mol. The monoisotopic (exact) mass is 468 g/mol. The fourth-order valence-electron chi connectivity index (χ4n) is 3.10. The highest BCUT2D eigenvalue weighted by atomic mass is 35.5. The predicted octanol–water partition coefficient (Wildman–Crippen LogP) is 4.49. The van der Waals surface area contributed by atoms with Gasteiger partial charge in [0.1, 0.15) is 29.5 Å². The van der Waals surface area contributed by atoms with Gasteiger partial charge in [-0.25, -0.2) is 4.79 Å². The highest BCUT2D eigenvalue weighted by Crippen LogP contribution is 2.37. The van der Waals surface area contributed by atoms with Crippen LogP contribution in [-0.2, 0) is 0 Å². The summed E-state index contributed by atoms with van der Waals surface area (Å²) in [5.74, 6) is 2.16. The molecule has 33 heavy (non-hydrogen) atoms. The van der Waals surface area contributed by atoms with E-state index in [0.29, 0.717) is 35.9 Å². The fraction of sp³-hybridized carbons (Fsp3) is 0.208. The van der Waals surface area contributed by atoms with Gasteiger partial charge in [-0.15, -0.1) is 16.7 Å². The number of hydrogen-bond donors (Lipinski definition) is 1. The number of ether oxygens (including phenoxy) is 3. The first-order valence-corrected chi connectivity index (χ1v) is 10.7. The first-order valence-electron chi connectivity index (χ1n) is 10.1. The number of rotatable bonds is 10. The van der Waals surface area contributed by atoms with Gasteiger partial charge in [0, 0.05) is 18.5 Å². The average Bonchev–Trinajstić information content (AvgIpc) is 3.34. The van der Waals surface area contributed by atoms with Crippen molar-refractivity contribution in [3.63, 3.8) is 0 Å². The molecule has 1 amide bonds. The van der Waals surface area contributed by atoms with Crippen LogP contribution >= 0.6 is 11.6 Å². The van der Waals surface area contributed by atoms with Gasteiger partial charge in [-0.1, -0.05) is 42.2 Å². The summed E-state index contributed by atoms with van der Waals surface area (Å²) in [6, 6.07) is 10.8. The number of methoxy groups -OCH3 is 2. The Morgan fingerprint density at radius 2 is 1.94 bits per heavy atom. The number of nitrogens with one attached hydrogen (secondary N) is 1. The lowest BCUT2D eigenvalue weighted by Gasteiger charge is -2.15. The molecule has 0 aliphatic heterocycles. The highest BCUT2D eigenvalue weighted by molar-refractivity contribution is 6.18. The van der Waals surface area contributed by atoms with Gasteiger partial charge in [-0.3, -0.25) is 0 Å². The van der Waals surface area contributed by atoms with Crippen molar-refractivity contribution in [1.82, 2.24) is 20.3 Å². The summed E-state index contributed by atoms with van der Waals surface area (Å²) in [4.78, 5) is 12.6. The molecule has 0 radical (unpaired) electrons. The zero-order valence-electron chi connectivity index (χ0n) is 18.5. The normalized spacial score (nSPS) is 10.8. The molecule has 0 atom stereocenters. The summed E-state index contributed by atoms with van der Waals surface area (Å²) in [5.41, 5.74) is 2.83. The standard InChI is InChI=1S/C24H25ClN4O4/c1-4-13-33-19-9-6-17(7-10-19)5-8-18-14-20(31-2)15-22(32-3)23(18)21-16-27-28-29(21)24(30)26-12-11-25/h4-10,14-16H,1,11-13H2,2-3H3,(H,26,30)/b8-5+. The fourth-order valence-corrected chi connectivity index (χ4v) is 3.19. The molecule has 1 aromatic heterocycles. The number of alkyl halides is 1. The summed E-state index contributed by atoms with van der Waals surface area (Å²) >= 11 is 5.69. The third kappa shape index (κ3) is 5.93. The minimum atomic E-state index is -0.439. The molecule has 0 unspecified atom stereocenters. The molecule has 0 spiro atoms. The summed E-state index contributed by atoms with van der Waals surface area (Å²) in [5, 5.41) is 10.6. The molecular formula is C24H25ClN4O4. The first-order chi connectivity index (χ1) is 16.1. The van der Waals surface area contributed by atoms with Gasteiger partial charge in [0.05, 0.1) is 26.0 Å². The SMILES string of the molecule is C=CCOc1ccc(/C=C/c2cc(OC)cc(OC)c2-c2cnnn2C(=O)NCCCl)cc1. The summed E-state index contributed by atoms with van der Waals surface area (Å²) in [6.07, 6.45) is 7.05. The van der Waals surface area contributed by atoms with Crippen LogP contribution < -0.4 is 19.5 Å². The maximum Gasteiger partial charge on any atom is 0.344 e. The number of aromatic nitrogens is 3. The van der Waals surface area contributed by atoms with Crippen LogP contribution in [0.15, 0.2) is 55.3 Å². The second-order valence-corrected chi connectivity index (χ2v) is 7.13. The van der Waals surface area contributed by atoms with E-state index in [9.17, 15) is 4.79 Å². The lowest BCUT2D eigenvalue weighted by Crippen LogP contribution is -2.31. The number of hydrogen-bond acceptors (Lipinski definition) is 6. The maximum atomic E-state index is 12.6. The van der Waals surface area contributed by atoms with E-state index < -0.39 is 6.03 Å². The van der Waals surface area contributed by atoms with Crippen molar-refractivity contribution in [2.45, 2.75) is 0 Å². The quantitative estimate of drug-likeness (QED) is 0.268. The van der Waals surface area contributed by atoms with Crippen molar-refractivity contribution >= 4 is 29.8 Å². The number of benzene rings is 2. The van der Waals surface area contributed by atoms with Crippen molar-refractivity contribution in [2.75, 3.05) is 33.3 Å².